The van der Waals surface area contributed by atoms with Gasteiger partial charge in [0.2, 0.25) is 11.8 Å². The average molecular weight is 394 g/mol. The molecule has 0 fully saturated rings. The zero-order valence-corrected chi connectivity index (χ0v) is 15.9. The Hall–Kier alpha value is -3.81. The van der Waals surface area contributed by atoms with Gasteiger partial charge in [-0.15, -0.1) is 0 Å². The minimum absolute atomic E-state index is 0.0280. The Morgan fingerprint density at radius 3 is 2.52 bits per heavy atom. The van der Waals surface area contributed by atoms with Gasteiger partial charge < -0.3 is 10.6 Å². The van der Waals surface area contributed by atoms with Crippen molar-refractivity contribution in [3.63, 3.8) is 0 Å². The standard InChI is InChI=1S/C21H19FN4O3/c1-13-7-8-15(11-19(13)23-14(2)27)17-9-10-21(29)26(25-17)12-20(28)24-18-6-4-3-5-16(18)22/h3-11H,12H2,1-2H3,(H,23,27)(H,24,28). The average Bonchev–Trinajstić information content (AvgIpc) is 2.67. The first-order valence-electron chi connectivity index (χ1n) is 8.84. The number of aromatic nitrogens is 2. The van der Waals surface area contributed by atoms with Gasteiger partial charge in [0.1, 0.15) is 12.4 Å². The zero-order valence-electron chi connectivity index (χ0n) is 15.9. The van der Waals surface area contributed by atoms with Crippen LogP contribution in [0.2, 0.25) is 0 Å². The Labute approximate surface area is 166 Å². The summed E-state index contributed by atoms with van der Waals surface area (Å²) in [5.74, 6) is -1.35. The molecule has 2 amide bonds. The van der Waals surface area contributed by atoms with Crippen molar-refractivity contribution in [3.8, 4) is 11.3 Å². The van der Waals surface area contributed by atoms with Crippen molar-refractivity contribution < 1.29 is 14.0 Å². The van der Waals surface area contributed by atoms with E-state index in [4.69, 9.17) is 0 Å². The lowest BCUT2D eigenvalue weighted by molar-refractivity contribution is -0.117. The highest BCUT2D eigenvalue weighted by Gasteiger charge is 2.11. The second kappa shape index (κ2) is 8.47. The summed E-state index contributed by atoms with van der Waals surface area (Å²) in [6.07, 6.45) is 0. The van der Waals surface area contributed by atoms with Crippen LogP contribution in [0.25, 0.3) is 11.3 Å². The normalized spacial score (nSPS) is 10.4. The monoisotopic (exact) mass is 394 g/mol. The summed E-state index contributed by atoms with van der Waals surface area (Å²) in [5, 5.41) is 9.39. The molecular weight excluding hydrogens is 375 g/mol. The summed E-state index contributed by atoms with van der Waals surface area (Å²) in [7, 11) is 0. The van der Waals surface area contributed by atoms with Crippen LogP contribution in [0.1, 0.15) is 12.5 Å². The number of para-hydroxylation sites is 1. The second-order valence-corrected chi connectivity index (χ2v) is 6.45. The van der Waals surface area contributed by atoms with Gasteiger partial charge in [0, 0.05) is 24.2 Å². The molecule has 0 aliphatic rings. The van der Waals surface area contributed by atoms with Crippen molar-refractivity contribution in [1.29, 1.82) is 0 Å². The summed E-state index contributed by atoms with van der Waals surface area (Å²) in [6.45, 7) is 2.90. The molecule has 29 heavy (non-hydrogen) atoms. The van der Waals surface area contributed by atoms with Crippen LogP contribution in [0.4, 0.5) is 15.8 Å². The number of hydrogen-bond acceptors (Lipinski definition) is 4. The molecule has 3 rings (SSSR count). The number of aryl methyl sites for hydroxylation is 1. The SMILES string of the molecule is CC(=O)Nc1cc(-c2ccc(=O)n(CC(=O)Nc3ccccc3F)n2)ccc1C. The lowest BCUT2D eigenvalue weighted by Crippen LogP contribution is -2.29. The largest absolute Gasteiger partial charge is 0.326 e. The van der Waals surface area contributed by atoms with Crippen molar-refractivity contribution in [2.75, 3.05) is 10.6 Å². The fourth-order valence-electron chi connectivity index (χ4n) is 2.71. The van der Waals surface area contributed by atoms with Gasteiger partial charge in [-0.1, -0.05) is 24.3 Å². The van der Waals surface area contributed by atoms with E-state index in [1.54, 1.807) is 18.2 Å². The molecular formula is C21H19FN4O3. The molecule has 148 valence electrons. The molecule has 3 aromatic rings. The molecule has 0 saturated carbocycles. The smallest absolute Gasteiger partial charge is 0.267 e. The van der Waals surface area contributed by atoms with E-state index in [1.807, 2.05) is 13.0 Å². The van der Waals surface area contributed by atoms with Crippen molar-refractivity contribution in [3.05, 3.63) is 76.3 Å². The predicted octanol–water partition coefficient (Wildman–Crippen LogP) is 2.95. The summed E-state index contributed by atoms with van der Waals surface area (Å²) < 4.78 is 14.7. The van der Waals surface area contributed by atoms with Gasteiger partial charge in [-0.2, -0.15) is 5.10 Å². The lowest BCUT2D eigenvalue weighted by Gasteiger charge is -2.11. The maximum Gasteiger partial charge on any atom is 0.267 e. The molecule has 1 aromatic heterocycles. The predicted molar refractivity (Wildman–Crippen MR) is 108 cm³/mol. The first-order valence-corrected chi connectivity index (χ1v) is 8.84. The minimum atomic E-state index is -0.579. The summed E-state index contributed by atoms with van der Waals surface area (Å²) >= 11 is 0. The zero-order chi connectivity index (χ0) is 21.0. The van der Waals surface area contributed by atoms with Gasteiger partial charge in [0.25, 0.3) is 5.56 Å². The first-order chi connectivity index (χ1) is 13.8. The Morgan fingerprint density at radius 2 is 1.79 bits per heavy atom. The molecule has 8 heteroatoms. The number of nitrogens with one attached hydrogen (secondary N) is 2. The highest BCUT2D eigenvalue weighted by Crippen LogP contribution is 2.23. The van der Waals surface area contributed by atoms with E-state index < -0.39 is 17.3 Å². The molecule has 0 radical (unpaired) electrons. The number of benzene rings is 2. The Kier molecular flexibility index (Phi) is 5.82. The molecule has 0 spiro atoms. The first kappa shape index (κ1) is 19.9. The van der Waals surface area contributed by atoms with Crippen LogP contribution in [0.15, 0.2) is 59.4 Å². The lowest BCUT2D eigenvalue weighted by atomic mass is 10.1. The molecule has 1 heterocycles. The molecule has 0 aliphatic carbocycles. The van der Waals surface area contributed by atoms with Crippen LogP contribution in [0.5, 0.6) is 0 Å². The molecule has 2 aromatic carbocycles. The minimum Gasteiger partial charge on any atom is -0.326 e. The Morgan fingerprint density at radius 1 is 1.03 bits per heavy atom. The molecule has 2 N–H and O–H groups in total. The topological polar surface area (TPSA) is 93.1 Å². The van der Waals surface area contributed by atoms with E-state index in [0.717, 1.165) is 10.2 Å². The third-order valence-corrected chi connectivity index (χ3v) is 4.15. The van der Waals surface area contributed by atoms with Crippen molar-refractivity contribution in [1.82, 2.24) is 9.78 Å². The number of nitrogens with zero attached hydrogens (tertiary/aromatic N) is 2. The maximum absolute atomic E-state index is 13.7. The van der Waals surface area contributed by atoms with E-state index in [-0.39, 0.29) is 18.1 Å². The Balaban J connectivity index is 1.85. The fraction of sp³-hybridized carbons (Fsp3) is 0.143. The van der Waals surface area contributed by atoms with Crippen LogP contribution in [0, 0.1) is 12.7 Å². The molecule has 0 saturated heterocycles. The third-order valence-electron chi connectivity index (χ3n) is 4.15. The number of halogens is 1. The van der Waals surface area contributed by atoms with Crippen molar-refractivity contribution >= 4 is 23.2 Å². The van der Waals surface area contributed by atoms with E-state index in [2.05, 4.69) is 15.7 Å². The van der Waals surface area contributed by atoms with Gasteiger partial charge in [0.05, 0.1) is 11.4 Å². The Bertz CT molecular complexity index is 1140. The molecule has 7 nitrogen and oxygen atoms in total. The number of carbonyl (C=O) groups excluding carboxylic acids is 2. The van der Waals surface area contributed by atoms with Gasteiger partial charge in [-0.25, -0.2) is 9.07 Å². The van der Waals surface area contributed by atoms with E-state index in [9.17, 15) is 18.8 Å². The molecule has 0 unspecified atom stereocenters. The van der Waals surface area contributed by atoms with Gasteiger partial charge in [-0.3, -0.25) is 14.4 Å². The molecule has 0 aliphatic heterocycles. The van der Waals surface area contributed by atoms with Crippen molar-refractivity contribution in [2.45, 2.75) is 20.4 Å². The number of anilines is 2. The number of rotatable bonds is 5. The van der Waals surface area contributed by atoms with Gasteiger partial charge in [0.15, 0.2) is 0 Å². The van der Waals surface area contributed by atoms with Crippen LogP contribution in [-0.4, -0.2) is 21.6 Å². The summed E-state index contributed by atoms with van der Waals surface area (Å²) in [6, 6.07) is 14.0. The van der Waals surface area contributed by atoms with Gasteiger partial charge in [-0.05, 0) is 36.8 Å². The summed E-state index contributed by atoms with van der Waals surface area (Å²) in [4.78, 5) is 35.7. The van der Waals surface area contributed by atoms with Crippen LogP contribution >= 0.6 is 0 Å². The van der Waals surface area contributed by atoms with Crippen LogP contribution < -0.4 is 16.2 Å². The highest BCUT2D eigenvalue weighted by atomic mass is 19.1. The fourth-order valence-corrected chi connectivity index (χ4v) is 2.71. The number of hydrogen-bond donors (Lipinski definition) is 2. The number of amides is 2. The van der Waals surface area contributed by atoms with Crippen LogP contribution in [0.3, 0.4) is 0 Å². The van der Waals surface area contributed by atoms with E-state index in [1.165, 1.54) is 37.3 Å². The highest BCUT2D eigenvalue weighted by molar-refractivity contribution is 5.91. The third kappa shape index (κ3) is 4.92. The van der Waals surface area contributed by atoms with Crippen LogP contribution in [-0.2, 0) is 16.1 Å². The van der Waals surface area contributed by atoms with E-state index >= 15 is 0 Å². The number of carbonyl (C=O) groups is 2. The molecule has 0 bridgehead atoms. The molecule has 0 atom stereocenters. The van der Waals surface area contributed by atoms with E-state index in [0.29, 0.717) is 16.9 Å². The van der Waals surface area contributed by atoms with Crippen molar-refractivity contribution in [2.24, 2.45) is 0 Å². The maximum atomic E-state index is 13.7. The second-order valence-electron chi connectivity index (χ2n) is 6.45. The summed E-state index contributed by atoms with van der Waals surface area (Å²) in [5.41, 5.74) is 2.19. The quantitative estimate of drug-likeness (QED) is 0.696. The van der Waals surface area contributed by atoms with Gasteiger partial charge >= 0.3 is 0 Å².